The number of rotatable bonds is 2. The highest BCUT2D eigenvalue weighted by molar-refractivity contribution is 9.10. The van der Waals surface area contributed by atoms with Gasteiger partial charge in [-0.3, -0.25) is 0 Å². The van der Waals surface area contributed by atoms with Crippen molar-refractivity contribution in [3.63, 3.8) is 0 Å². The fourth-order valence-corrected chi connectivity index (χ4v) is 2.19. The van der Waals surface area contributed by atoms with Crippen molar-refractivity contribution in [3.8, 4) is 0 Å². The van der Waals surface area contributed by atoms with Crippen LogP contribution in [0.4, 0.5) is 0 Å². The molecule has 2 nitrogen and oxygen atoms in total. The van der Waals surface area contributed by atoms with Crippen LogP contribution in [0.25, 0.3) is 0 Å². The number of halogens is 1. The van der Waals surface area contributed by atoms with Gasteiger partial charge in [0, 0.05) is 11.1 Å². The summed E-state index contributed by atoms with van der Waals surface area (Å²) in [5.74, 6) is 0. The molecule has 2 heterocycles. The van der Waals surface area contributed by atoms with Crippen molar-refractivity contribution in [2.24, 2.45) is 5.73 Å². The Morgan fingerprint density at radius 2 is 2.21 bits per heavy atom. The summed E-state index contributed by atoms with van der Waals surface area (Å²) in [6.07, 6.45) is 1.80. The molecule has 0 radical (unpaired) electrons. The van der Waals surface area contributed by atoms with Gasteiger partial charge in [-0.1, -0.05) is 12.1 Å². The number of thiophene rings is 1. The van der Waals surface area contributed by atoms with Gasteiger partial charge in [0.05, 0.1) is 6.04 Å². The van der Waals surface area contributed by atoms with Crippen molar-refractivity contribution >= 4 is 27.3 Å². The zero-order valence-electron chi connectivity index (χ0n) is 7.35. The summed E-state index contributed by atoms with van der Waals surface area (Å²) >= 11 is 4.96. The largest absolute Gasteiger partial charge is 0.320 e. The molecule has 2 aromatic heterocycles. The zero-order valence-corrected chi connectivity index (χ0v) is 9.75. The van der Waals surface area contributed by atoms with Gasteiger partial charge in [0.2, 0.25) is 0 Å². The van der Waals surface area contributed by atoms with Crippen molar-refractivity contribution in [2.45, 2.75) is 6.04 Å². The van der Waals surface area contributed by atoms with Gasteiger partial charge in [0.15, 0.2) is 0 Å². The maximum atomic E-state index is 6.07. The monoisotopic (exact) mass is 268 g/mol. The minimum absolute atomic E-state index is 0.0596. The molecule has 0 aliphatic rings. The molecule has 0 unspecified atom stereocenters. The molecule has 0 amide bonds. The molecule has 1 atom stereocenters. The smallest absolute Gasteiger partial charge is 0.106 e. The van der Waals surface area contributed by atoms with Crippen LogP contribution in [0.2, 0.25) is 0 Å². The zero-order chi connectivity index (χ0) is 9.97. The first-order valence-electron chi connectivity index (χ1n) is 4.18. The summed E-state index contributed by atoms with van der Waals surface area (Å²) in [5.41, 5.74) is 7.10. The van der Waals surface area contributed by atoms with E-state index in [1.54, 1.807) is 17.5 Å². The topological polar surface area (TPSA) is 38.9 Å². The lowest BCUT2D eigenvalue weighted by molar-refractivity contribution is 0.882. The van der Waals surface area contributed by atoms with Crippen molar-refractivity contribution in [2.75, 3.05) is 0 Å². The molecule has 0 aliphatic heterocycles. The highest BCUT2D eigenvalue weighted by atomic mass is 79.9. The Bertz CT molecular complexity index is 397. The maximum Gasteiger partial charge on any atom is 0.106 e. The van der Waals surface area contributed by atoms with E-state index in [9.17, 15) is 0 Å². The second kappa shape index (κ2) is 4.21. The summed E-state index contributed by atoms with van der Waals surface area (Å²) < 4.78 is 0.833. The average molecular weight is 269 g/mol. The van der Waals surface area contributed by atoms with E-state index in [0.717, 1.165) is 15.0 Å². The molecular weight excluding hydrogens is 260 g/mol. The normalized spacial score (nSPS) is 12.7. The molecule has 4 heteroatoms. The Kier molecular flexibility index (Phi) is 2.96. The first-order valence-corrected chi connectivity index (χ1v) is 5.85. The fourth-order valence-electron chi connectivity index (χ4n) is 1.20. The molecular formula is C10H9BrN2S. The van der Waals surface area contributed by atoms with Gasteiger partial charge >= 0.3 is 0 Å². The Morgan fingerprint density at radius 1 is 1.36 bits per heavy atom. The van der Waals surface area contributed by atoms with Crippen LogP contribution in [0, 0.1) is 0 Å². The molecule has 72 valence electrons. The minimum Gasteiger partial charge on any atom is -0.320 e. The SMILES string of the molecule is N[C@H](c1ccc(Br)nc1)c1cccs1. The minimum atomic E-state index is -0.0596. The summed E-state index contributed by atoms with van der Waals surface area (Å²) in [4.78, 5) is 5.31. The fraction of sp³-hybridized carbons (Fsp3) is 0.100. The molecule has 14 heavy (non-hydrogen) atoms. The Balaban J connectivity index is 2.28. The third-order valence-electron chi connectivity index (χ3n) is 1.96. The highest BCUT2D eigenvalue weighted by Gasteiger charge is 2.09. The lowest BCUT2D eigenvalue weighted by Gasteiger charge is -2.08. The molecule has 0 aliphatic carbocycles. The third-order valence-corrected chi connectivity index (χ3v) is 3.38. The Morgan fingerprint density at radius 3 is 2.79 bits per heavy atom. The van der Waals surface area contributed by atoms with Crippen LogP contribution < -0.4 is 5.73 Å². The maximum absolute atomic E-state index is 6.07. The second-order valence-electron chi connectivity index (χ2n) is 2.91. The van der Waals surface area contributed by atoms with E-state index >= 15 is 0 Å². The van der Waals surface area contributed by atoms with Gasteiger partial charge in [-0.25, -0.2) is 4.98 Å². The quantitative estimate of drug-likeness (QED) is 0.851. The number of pyridine rings is 1. The van der Waals surface area contributed by atoms with Crippen LogP contribution >= 0.6 is 27.3 Å². The standard InChI is InChI=1S/C10H9BrN2S/c11-9-4-3-7(6-13-9)10(12)8-2-1-5-14-8/h1-6,10H,12H2/t10-/m1/s1. The van der Waals surface area contributed by atoms with E-state index in [1.807, 2.05) is 29.6 Å². The molecule has 2 N–H and O–H groups in total. The van der Waals surface area contributed by atoms with Crippen molar-refractivity contribution in [1.82, 2.24) is 4.98 Å². The van der Waals surface area contributed by atoms with E-state index in [0.29, 0.717) is 0 Å². The van der Waals surface area contributed by atoms with Crippen molar-refractivity contribution < 1.29 is 0 Å². The van der Waals surface area contributed by atoms with E-state index in [2.05, 4.69) is 20.9 Å². The lowest BCUT2D eigenvalue weighted by Crippen LogP contribution is -2.10. The van der Waals surface area contributed by atoms with Crippen LogP contribution in [-0.2, 0) is 0 Å². The molecule has 0 bridgehead atoms. The van der Waals surface area contributed by atoms with Crippen molar-refractivity contribution in [3.05, 3.63) is 50.9 Å². The van der Waals surface area contributed by atoms with E-state index < -0.39 is 0 Å². The van der Waals surface area contributed by atoms with Gasteiger partial charge < -0.3 is 5.73 Å². The Labute approximate surface area is 94.9 Å². The van der Waals surface area contributed by atoms with Gasteiger partial charge in [-0.15, -0.1) is 11.3 Å². The summed E-state index contributed by atoms with van der Waals surface area (Å²) in [7, 11) is 0. The predicted molar refractivity (Wildman–Crippen MR) is 62.3 cm³/mol. The summed E-state index contributed by atoms with van der Waals surface area (Å²) in [5, 5.41) is 2.03. The molecule has 0 aromatic carbocycles. The summed E-state index contributed by atoms with van der Waals surface area (Å²) in [6.45, 7) is 0. The van der Waals surface area contributed by atoms with Gasteiger partial charge in [-0.2, -0.15) is 0 Å². The number of aromatic nitrogens is 1. The molecule has 0 fully saturated rings. The molecule has 2 rings (SSSR count). The Hall–Kier alpha value is -0.710. The number of hydrogen-bond acceptors (Lipinski definition) is 3. The van der Waals surface area contributed by atoms with Gasteiger partial charge in [-0.05, 0) is 39.0 Å². The van der Waals surface area contributed by atoms with Crippen LogP contribution in [0.5, 0.6) is 0 Å². The molecule has 0 saturated heterocycles. The third kappa shape index (κ3) is 2.03. The highest BCUT2D eigenvalue weighted by Crippen LogP contribution is 2.23. The second-order valence-corrected chi connectivity index (χ2v) is 4.70. The summed E-state index contributed by atoms with van der Waals surface area (Å²) in [6, 6.07) is 7.88. The van der Waals surface area contributed by atoms with E-state index in [-0.39, 0.29) is 6.04 Å². The van der Waals surface area contributed by atoms with E-state index in [4.69, 9.17) is 5.73 Å². The van der Waals surface area contributed by atoms with Crippen LogP contribution in [0.15, 0.2) is 40.4 Å². The molecule has 2 aromatic rings. The molecule has 0 saturated carbocycles. The van der Waals surface area contributed by atoms with Crippen molar-refractivity contribution in [1.29, 1.82) is 0 Å². The van der Waals surface area contributed by atoms with Gasteiger partial charge in [0.1, 0.15) is 4.60 Å². The van der Waals surface area contributed by atoms with Crippen LogP contribution in [0.1, 0.15) is 16.5 Å². The molecule has 0 spiro atoms. The lowest BCUT2D eigenvalue weighted by atomic mass is 10.1. The first kappa shape index (κ1) is 9.83. The first-order chi connectivity index (χ1) is 6.77. The van der Waals surface area contributed by atoms with E-state index in [1.165, 1.54) is 0 Å². The predicted octanol–water partition coefficient (Wildman–Crippen LogP) is 2.95. The number of nitrogens with zero attached hydrogens (tertiary/aromatic N) is 1. The number of hydrogen-bond donors (Lipinski definition) is 1. The average Bonchev–Trinajstić information content (AvgIpc) is 2.71. The number of nitrogens with two attached hydrogens (primary N) is 1. The van der Waals surface area contributed by atoms with Crippen LogP contribution in [0.3, 0.4) is 0 Å². The van der Waals surface area contributed by atoms with Crippen LogP contribution in [-0.4, -0.2) is 4.98 Å². The van der Waals surface area contributed by atoms with Gasteiger partial charge in [0.25, 0.3) is 0 Å².